The number of thioether (sulfide) groups is 1. The Bertz CT molecular complexity index is 304. The van der Waals surface area contributed by atoms with Gasteiger partial charge >= 0.3 is 12.0 Å². The number of amides is 2. The first-order valence-electron chi connectivity index (χ1n) is 6.87. The summed E-state index contributed by atoms with van der Waals surface area (Å²) in [6.45, 7) is 1.10. The van der Waals surface area contributed by atoms with E-state index in [1.165, 1.54) is 19.3 Å². The van der Waals surface area contributed by atoms with Crippen molar-refractivity contribution < 1.29 is 14.7 Å². The van der Waals surface area contributed by atoms with Crippen molar-refractivity contribution in [3.8, 4) is 0 Å². The third kappa shape index (κ3) is 6.18. The van der Waals surface area contributed by atoms with Gasteiger partial charge in [0.1, 0.15) is 0 Å². The predicted octanol–water partition coefficient (Wildman–Crippen LogP) is 2.22. The standard InChI is InChI=1S/C13H24N2O3S/c1-19-13(7-3-2-4-8-13)10-15-12(18)14-9-5-6-11(16)17/h2-10H2,1H3,(H,16,17)(H2,14,15,18). The van der Waals surface area contributed by atoms with E-state index in [0.29, 0.717) is 19.5 Å². The highest BCUT2D eigenvalue weighted by atomic mass is 32.2. The van der Waals surface area contributed by atoms with E-state index in [1.807, 2.05) is 11.8 Å². The molecule has 1 aliphatic rings. The molecule has 0 radical (unpaired) electrons. The molecule has 0 heterocycles. The molecule has 1 rings (SSSR count). The molecular formula is C13H24N2O3S. The molecule has 0 aromatic rings. The van der Waals surface area contributed by atoms with Crippen molar-refractivity contribution in [1.29, 1.82) is 0 Å². The first kappa shape index (κ1) is 16.1. The zero-order valence-electron chi connectivity index (χ0n) is 11.5. The molecule has 110 valence electrons. The van der Waals surface area contributed by atoms with E-state index in [2.05, 4.69) is 16.9 Å². The van der Waals surface area contributed by atoms with E-state index in [1.54, 1.807) is 0 Å². The van der Waals surface area contributed by atoms with Crippen LogP contribution in [0.25, 0.3) is 0 Å². The highest BCUT2D eigenvalue weighted by molar-refractivity contribution is 8.00. The quantitative estimate of drug-likeness (QED) is 0.628. The lowest BCUT2D eigenvalue weighted by molar-refractivity contribution is -0.137. The molecule has 0 aromatic carbocycles. The predicted molar refractivity (Wildman–Crippen MR) is 77.6 cm³/mol. The lowest BCUT2D eigenvalue weighted by Crippen LogP contribution is -2.45. The molecule has 1 fully saturated rings. The Balaban J connectivity index is 2.19. The molecule has 3 N–H and O–H groups in total. The van der Waals surface area contributed by atoms with Gasteiger partial charge in [0.15, 0.2) is 0 Å². The monoisotopic (exact) mass is 288 g/mol. The third-order valence-electron chi connectivity index (χ3n) is 3.62. The lowest BCUT2D eigenvalue weighted by atomic mass is 9.88. The van der Waals surface area contributed by atoms with Gasteiger partial charge in [0.25, 0.3) is 0 Å². The van der Waals surface area contributed by atoms with Crippen LogP contribution in [0, 0.1) is 0 Å². The molecule has 2 amide bonds. The minimum Gasteiger partial charge on any atom is -0.481 e. The van der Waals surface area contributed by atoms with Gasteiger partial charge in [-0.3, -0.25) is 4.79 Å². The topological polar surface area (TPSA) is 78.4 Å². The van der Waals surface area contributed by atoms with Crippen LogP contribution in [0.2, 0.25) is 0 Å². The largest absolute Gasteiger partial charge is 0.481 e. The Morgan fingerprint density at radius 1 is 1.21 bits per heavy atom. The molecule has 1 aliphatic carbocycles. The number of aliphatic carboxylic acids is 1. The van der Waals surface area contributed by atoms with E-state index >= 15 is 0 Å². The van der Waals surface area contributed by atoms with Crippen molar-refractivity contribution in [3.63, 3.8) is 0 Å². The van der Waals surface area contributed by atoms with Crippen molar-refractivity contribution in [2.24, 2.45) is 0 Å². The van der Waals surface area contributed by atoms with E-state index in [-0.39, 0.29) is 17.2 Å². The summed E-state index contributed by atoms with van der Waals surface area (Å²) in [6.07, 6.45) is 8.76. The van der Waals surface area contributed by atoms with Crippen LogP contribution in [0.5, 0.6) is 0 Å². The molecule has 6 heteroatoms. The van der Waals surface area contributed by atoms with Gasteiger partial charge in [0, 0.05) is 24.3 Å². The molecule has 19 heavy (non-hydrogen) atoms. The van der Waals surface area contributed by atoms with Crippen molar-refractivity contribution in [2.75, 3.05) is 19.3 Å². The van der Waals surface area contributed by atoms with Crippen molar-refractivity contribution in [1.82, 2.24) is 10.6 Å². The summed E-state index contributed by atoms with van der Waals surface area (Å²) >= 11 is 1.85. The van der Waals surface area contributed by atoms with Gasteiger partial charge in [-0.25, -0.2) is 4.79 Å². The van der Waals surface area contributed by atoms with E-state index < -0.39 is 5.97 Å². The fourth-order valence-corrected chi connectivity index (χ4v) is 3.31. The second-order valence-electron chi connectivity index (χ2n) is 5.05. The Hall–Kier alpha value is -0.910. The van der Waals surface area contributed by atoms with Gasteiger partial charge in [0.2, 0.25) is 0 Å². The Morgan fingerprint density at radius 3 is 2.47 bits per heavy atom. The maximum Gasteiger partial charge on any atom is 0.314 e. The van der Waals surface area contributed by atoms with Crippen LogP contribution >= 0.6 is 11.8 Å². The van der Waals surface area contributed by atoms with Crippen molar-refractivity contribution >= 4 is 23.8 Å². The number of carboxylic acid groups (broad SMARTS) is 1. The van der Waals surface area contributed by atoms with E-state index in [0.717, 1.165) is 12.8 Å². The van der Waals surface area contributed by atoms with Crippen molar-refractivity contribution in [3.05, 3.63) is 0 Å². The third-order valence-corrected chi connectivity index (χ3v) is 5.04. The summed E-state index contributed by atoms with van der Waals surface area (Å²) in [5, 5.41) is 14.1. The highest BCUT2D eigenvalue weighted by Crippen LogP contribution is 2.37. The van der Waals surface area contributed by atoms with Crippen LogP contribution in [0.4, 0.5) is 4.79 Å². The smallest absolute Gasteiger partial charge is 0.314 e. The fraction of sp³-hybridized carbons (Fsp3) is 0.846. The molecule has 0 atom stereocenters. The average molecular weight is 288 g/mol. The molecule has 0 aromatic heterocycles. The Morgan fingerprint density at radius 2 is 1.89 bits per heavy atom. The van der Waals surface area contributed by atoms with Crippen LogP contribution in [0.3, 0.4) is 0 Å². The summed E-state index contributed by atoms with van der Waals surface area (Å²) in [5.41, 5.74) is 0. The molecular weight excluding hydrogens is 264 g/mol. The number of nitrogens with one attached hydrogen (secondary N) is 2. The normalized spacial score (nSPS) is 17.7. The lowest BCUT2D eigenvalue weighted by Gasteiger charge is -2.35. The first-order valence-corrected chi connectivity index (χ1v) is 8.09. The molecule has 5 nitrogen and oxygen atoms in total. The molecule has 0 unspecified atom stereocenters. The summed E-state index contributed by atoms with van der Waals surface area (Å²) in [4.78, 5) is 21.9. The number of urea groups is 1. The average Bonchev–Trinajstić information content (AvgIpc) is 2.42. The van der Waals surface area contributed by atoms with Crippen LogP contribution in [0.1, 0.15) is 44.9 Å². The fourth-order valence-electron chi connectivity index (χ4n) is 2.39. The summed E-state index contributed by atoms with van der Waals surface area (Å²) in [7, 11) is 0. The zero-order valence-corrected chi connectivity index (χ0v) is 12.4. The van der Waals surface area contributed by atoms with Crippen LogP contribution < -0.4 is 10.6 Å². The molecule has 0 bridgehead atoms. The van der Waals surface area contributed by atoms with E-state index in [9.17, 15) is 9.59 Å². The summed E-state index contributed by atoms with van der Waals surface area (Å²) in [6, 6.07) is -0.190. The van der Waals surface area contributed by atoms with Crippen molar-refractivity contribution in [2.45, 2.75) is 49.7 Å². The van der Waals surface area contributed by atoms with Crippen LogP contribution in [-0.4, -0.2) is 41.2 Å². The van der Waals surface area contributed by atoms with Gasteiger partial charge in [-0.1, -0.05) is 19.3 Å². The van der Waals surface area contributed by atoms with E-state index in [4.69, 9.17) is 5.11 Å². The molecule has 0 spiro atoms. The number of hydrogen-bond donors (Lipinski definition) is 3. The first-order chi connectivity index (χ1) is 9.08. The molecule has 1 saturated carbocycles. The van der Waals surface area contributed by atoms with Crippen LogP contribution in [0.15, 0.2) is 0 Å². The summed E-state index contributed by atoms with van der Waals surface area (Å²) < 4.78 is 0.191. The number of carboxylic acids is 1. The Kier molecular flexibility index (Phi) is 7.05. The minimum absolute atomic E-state index is 0.0923. The number of carbonyl (C=O) groups is 2. The number of hydrogen-bond acceptors (Lipinski definition) is 3. The zero-order chi connectivity index (χ0) is 14.1. The second kappa shape index (κ2) is 8.30. The SMILES string of the molecule is CSC1(CNC(=O)NCCCC(=O)O)CCCCC1. The number of rotatable bonds is 7. The maximum absolute atomic E-state index is 11.6. The van der Waals surface area contributed by atoms with Gasteiger partial charge in [-0.15, -0.1) is 0 Å². The van der Waals surface area contributed by atoms with Gasteiger partial charge in [-0.2, -0.15) is 11.8 Å². The number of carbonyl (C=O) groups excluding carboxylic acids is 1. The maximum atomic E-state index is 11.6. The van der Waals surface area contributed by atoms with Gasteiger partial charge in [-0.05, 0) is 25.5 Å². The highest BCUT2D eigenvalue weighted by Gasteiger charge is 2.31. The molecule has 0 aliphatic heterocycles. The van der Waals surface area contributed by atoms with Gasteiger partial charge < -0.3 is 15.7 Å². The minimum atomic E-state index is -0.828. The second-order valence-corrected chi connectivity index (χ2v) is 6.33. The van der Waals surface area contributed by atoms with Gasteiger partial charge in [0.05, 0.1) is 0 Å². The van der Waals surface area contributed by atoms with Crippen LogP contribution in [-0.2, 0) is 4.79 Å². The summed E-state index contributed by atoms with van der Waals surface area (Å²) in [5.74, 6) is -0.828. The molecule has 0 saturated heterocycles. The Labute approximate surface area is 118 Å².